The largest absolute Gasteiger partial charge is 0.363 e. The Balaban J connectivity index is 0.991. The van der Waals surface area contributed by atoms with Crippen LogP contribution >= 0.6 is 23.1 Å². The molecule has 0 bridgehead atoms. The second-order valence-corrected chi connectivity index (χ2v) is 15.7. The molecule has 0 radical (unpaired) electrons. The van der Waals surface area contributed by atoms with E-state index in [9.17, 15) is 0 Å². The third kappa shape index (κ3) is 3.73. The van der Waals surface area contributed by atoms with Crippen LogP contribution in [0.3, 0.4) is 0 Å². The first-order chi connectivity index (χ1) is 20.6. The Labute approximate surface area is 257 Å². The van der Waals surface area contributed by atoms with Crippen molar-refractivity contribution in [2.75, 3.05) is 0 Å². The van der Waals surface area contributed by atoms with Gasteiger partial charge in [-0.25, -0.2) is 0 Å². The average Bonchev–Trinajstić information content (AvgIpc) is 3.52. The number of ether oxygens (including phenoxy) is 1. The van der Waals surface area contributed by atoms with Gasteiger partial charge in [0.15, 0.2) is 0 Å². The standard InChI is InChI=1S/C39H36OS2/c1-39(2)30-14-5-3-10-29(30)35-31(39)21-22-34-37(35)40-36-25(11-8-16-33(36)41-34)23-17-19-24(20-18-23)26-12-7-13-28-27-9-4-6-15-32(27)42-38(26)28/h3-11,13-17,19-20,23,25-26,34,36-37H,12,18,21-22H2,1-2H3. The number of hydrogen-bond acceptors (Lipinski definition) is 3. The Morgan fingerprint density at radius 3 is 2.71 bits per heavy atom. The highest BCUT2D eigenvalue weighted by Gasteiger charge is 2.50. The lowest BCUT2D eigenvalue weighted by atomic mass is 9.76. The molecule has 0 amide bonds. The van der Waals surface area contributed by atoms with Crippen LogP contribution in [0.15, 0.2) is 107 Å². The molecule has 1 aliphatic heterocycles. The summed E-state index contributed by atoms with van der Waals surface area (Å²) >= 11 is 4.10. The molecule has 0 spiro atoms. The van der Waals surface area contributed by atoms with Crippen LogP contribution in [0.1, 0.15) is 67.0 Å². The summed E-state index contributed by atoms with van der Waals surface area (Å²) in [5, 5.41) is 1.91. The van der Waals surface area contributed by atoms with Crippen LogP contribution < -0.4 is 0 Å². The van der Waals surface area contributed by atoms with Gasteiger partial charge in [0.2, 0.25) is 0 Å². The summed E-state index contributed by atoms with van der Waals surface area (Å²) in [6, 6.07) is 18.0. The molecule has 1 aromatic heterocycles. The predicted octanol–water partition coefficient (Wildman–Crippen LogP) is 10.4. The molecule has 5 aliphatic carbocycles. The first-order valence-corrected chi connectivity index (χ1v) is 17.4. The molecule has 9 rings (SSSR count). The summed E-state index contributed by atoms with van der Waals surface area (Å²) in [6.45, 7) is 4.84. The zero-order chi connectivity index (χ0) is 28.0. The predicted molar refractivity (Wildman–Crippen MR) is 180 cm³/mol. The van der Waals surface area contributed by atoms with Gasteiger partial charge in [0.25, 0.3) is 0 Å². The second-order valence-electron chi connectivity index (χ2n) is 13.3. The second kappa shape index (κ2) is 9.58. The summed E-state index contributed by atoms with van der Waals surface area (Å²) in [6.07, 6.45) is 24.2. The molecular weight excluding hydrogens is 549 g/mol. The molecule has 2 aromatic carbocycles. The molecule has 2 heterocycles. The Kier molecular flexibility index (Phi) is 5.84. The minimum Gasteiger partial charge on any atom is -0.363 e. The normalized spacial score (nSPS) is 32.0. The maximum absolute atomic E-state index is 7.29. The fraction of sp³-hybridized carbons (Fsp3) is 0.333. The van der Waals surface area contributed by atoms with Gasteiger partial charge in [0.05, 0.1) is 12.2 Å². The van der Waals surface area contributed by atoms with E-state index in [2.05, 4.69) is 123 Å². The van der Waals surface area contributed by atoms with E-state index in [1.54, 1.807) is 5.57 Å². The van der Waals surface area contributed by atoms with E-state index >= 15 is 0 Å². The van der Waals surface area contributed by atoms with E-state index in [0.29, 0.717) is 23.0 Å². The summed E-state index contributed by atoms with van der Waals surface area (Å²) in [4.78, 5) is 2.98. The molecule has 210 valence electrons. The molecule has 1 nitrogen and oxygen atoms in total. The summed E-state index contributed by atoms with van der Waals surface area (Å²) < 4.78 is 8.69. The molecule has 6 atom stereocenters. The zero-order valence-corrected chi connectivity index (χ0v) is 25.9. The number of hydrogen-bond donors (Lipinski definition) is 0. The molecule has 6 aliphatic rings. The highest BCUT2D eigenvalue weighted by atomic mass is 32.2. The molecule has 0 saturated carbocycles. The van der Waals surface area contributed by atoms with Crippen LogP contribution in [0.5, 0.6) is 0 Å². The maximum atomic E-state index is 7.29. The van der Waals surface area contributed by atoms with Crippen molar-refractivity contribution >= 4 is 44.8 Å². The van der Waals surface area contributed by atoms with Crippen LogP contribution in [0.2, 0.25) is 0 Å². The van der Waals surface area contributed by atoms with Crippen molar-refractivity contribution in [3.05, 3.63) is 129 Å². The minimum atomic E-state index is 0.1000. The lowest BCUT2D eigenvalue weighted by Gasteiger charge is -2.46. The van der Waals surface area contributed by atoms with E-state index in [0.717, 1.165) is 12.8 Å². The number of rotatable bonds is 2. The van der Waals surface area contributed by atoms with Crippen molar-refractivity contribution in [2.45, 2.75) is 68.3 Å². The van der Waals surface area contributed by atoms with Crippen LogP contribution in [-0.2, 0) is 10.2 Å². The van der Waals surface area contributed by atoms with Crippen molar-refractivity contribution in [1.82, 2.24) is 0 Å². The SMILES string of the molecule is CC1(C)C2=C(c3ccccc31)C1OC3C(=CC=CC3C3C=CC(C4CC=Cc5c4sc4ccccc54)=CC3)SC1CC2. The molecule has 6 unspecified atom stereocenters. The van der Waals surface area contributed by atoms with E-state index in [4.69, 9.17) is 4.74 Å². The highest BCUT2D eigenvalue weighted by Crippen LogP contribution is 2.58. The lowest BCUT2D eigenvalue weighted by molar-refractivity contribution is 0.00180. The first-order valence-electron chi connectivity index (χ1n) is 15.7. The zero-order valence-electron chi connectivity index (χ0n) is 24.3. The highest BCUT2D eigenvalue weighted by molar-refractivity contribution is 8.03. The van der Waals surface area contributed by atoms with Gasteiger partial charge < -0.3 is 4.74 Å². The number of thioether (sulfide) groups is 1. The summed E-state index contributed by atoms with van der Waals surface area (Å²) in [5.74, 6) is 1.30. The lowest BCUT2D eigenvalue weighted by Crippen LogP contribution is -2.44. The van der Waals surface area contributed by atoms with Crippen LogP contribution in [0.4, 0.5) is 0 Å². The van der Waals surface area contributed by atoms with Crippen molar-refractivity contribution in [2.24, 2.45) is 11.8 Å². The Hall–Kier alpha value is -2.85. The molecule has 3 aromatic rings. The summed E-state index contributed by atoms with van der Waals surface area (Å²) in [5.41, 5.74) is 9.08. The van der Waals surface area contributed by atoms with E-state index in [1.165, 1.54) is 60.5 Å². The third-order valence-corrected chi connectivity index (χ3v) is 13.5. The third-order valence-electron chi connectivity index (χ3n) is 10.8. The van der Waals surface area contributed by atoms with E-state index in [1.807, 2.05) is 11.3 Å². The Morgan fingerprint density at radius 1 is 0.929 bits per heavy atom. The van der Waals surface area contributed by atoms with Gasteiger partial charge in [-0.05, 0) is 70.9 Å². The van der Waals surface area contributed by atoms with Gasteiger partial charge in [-0.3, -0.25) is 0 Å². The van der Waals surface area contributed by atoms with Gasteiger partial charge in [-0.15, -0.1) is 23.1 Å². The number of allylic oxidation sites excluding steroid dienone is 8. The topological polar surface area (TPSA) is 9.23 Å². The van der Waals surface area contributed by atoms with Crippen molar-refractivity contribution in [3.8, 4) is 0 Å². The van der Waals surface area contributed by atoms with Gasteiger partial charge in [0.1, 0.15) is 0 Å². The van der Waals surface area contributed by atoms with Gasteiger partial charge in [0, 0.05) is 37.0 Å². The molecular formula is C39H36OS2. The average molecular weight is 585 g/mol. The Bertz CT molecular complexity index is 1810. The van der Waals surface area contributed by atoms with Gasteiger partial charge >= 0.3 is 0 Å². The molecule has 1 fully saturated rings. The number of fused-ring (bicyclic) bond motifs is 8. The van der Waals surface area contributed by atoms with Crippen molar-refractivity contribution in [1.29, 1.82) is 0 Å². The number of benzene rings is 2. The quantitative estimate of drug-likeness (QED) is 0.296. The van der Waals surface area contributed by atoms with Crippen molar-refractivity contribution < 1.29 is 4.74 Å². The fourth-order valence-electron chi connectivity index (χ4n) is 8.65. The van der Waals surface area contributed by atoms with Crippen LogP contribution in [0, 0.1) is 11.8 Å². The first kappa shape index (κ1) is 25.6. The molecule has 3 heteroatoms. The van der Waals surface area contributed by atoms with E-state index in [-0.39, 0.29) is 17.6 Å². The molecule has 42 heavy (non-hydrogen) atoms. The smallest absolute Gasteiger partial charge is 0.0961 e. The van der Waals surface area contributed by atoms with Gasteiger partial charge in [-0.2, -0.15) is 0 Å². The van der Waals surface area contributed by atoms with Gasteiger partial charge in [-0.1, -0.05) is 110 Å². The van der Waals surface area contributed by atoms with Crippen LogP contribution in [-0.4, -0.2) is 17.5 Å². The fourth-order valence-corrected chi connectivity index (χ4v) is 11.4. The maximum Gasteiger partial charge on any atom is 0.0961 e. The van der Waals surface area contributed by atoms with E-state index < -0.39 is 0 Å². The molecule has 0 N–H and O–H groups in total. The summed E-state index contributed by atoms with van der Waals surface area (Å²) in [7, 11) is 0. The Morgan fingerprint density at radius 2 is 1.81 bits per heavy atom. The minimum absolute atomic E-state index is 0.1000. The monoisotopic (exact) mass is 584 g/mol. The van der Waals surface area contributed by atoms with Crippen LogP contribution in [0.25, 0.3) is 21.7 Å². The number of thiophene rings is 1. The van der Waals surface area contributed by atoms with Crippen molar-refractivity contribution in [3.63, 3.8) is 0 Å². The molecule has 1 saturated heterocycles.